The van der Waals surface area contributed by atoms with Gasteiger partial charge in [0.2, 0.25) is 11.9 Å². The second kappa shape index (κ2) is 6.36. The van der Waals surface area contributed by atoms with Crippen LogP contribution in [0.25, 0.3) is 21.8 Å². The van der Waals surface area contributed by atoms with Crippen LogP contribution in [0.1, 0.15) is 5.56 Å². The van der Waals surface area contributed by atoms with Crippen molar-refractivity contribution in [1.82, 2.24) is 14.9 Å². The van der Waals surface area contributed by atoms with Gasteiger partial charge in [0.1, 0.15) is 6.54 Å². The van der Waals surface area contributed by atoms with Crippen LogP contribution in [0.2, 0.25) is 0 Å². The number of nitrogens with zero attached hydrogens (tertiary/aromatic N) is 2. The molecule has 0 unspecified atom stereocenters. The number of pyridine rings is 1. The molecule has 0 bridgehead atoms. The Labute approximate surface area is 143 Å². The standard InChI is InChI=1S/C20H16FN3O/c21-20-14(6-5-11-22-20)12-23-19(25)13-24-17-9-3-1-7-15(17)16-8-2-4-10-18(16)24/h1-11H,12-13H2,(H,23,25). The second-order valence-corrected chi connectivity index (χ2v) is 5.85. The van der Waals surface area contributed by atoms with E-state index < -0.39 is 5.95 Å². The molecule has 25 heavy (non-hydrogen) atoms. The average Bonchev–Trinajstić information content (AvgIpc) is 2.96. The number of benzene rings is 2. The van der Waals surface area contributed by atoms with Crippen molar-refractivity contribution < 1.29 is 9.18 Å². The lowest BCUT2D eigenvalue weighted by Gasteiger charge is -2.09. The monoisotopic (exact) mass is 333 g/mol. The molecular formula is C20H16FN3O. The van der Waals surface area contributed by atoms with Gasteiger partial charge in [0.25, 0.3) is 0 Å². The highest BCUT2D eigenvalue weighted by Gasteiger charge is 2.13. The van der Waals surface area contributed by atoms with Crippen molar-refractivity contribution in [1.29, 1.82) is 0 Å². The van der Waals surface area contributed by atoms with Gasteiger partial charge < -0.3 is 9.88 Å². The van der Waals surface area contributed by atoms with Crippen molar-refractivity contribution in [3.63, 3.8) is 0 Å². The number of para-hydroxylation sites is 2. The summed E-state index contributed by atoms with van der Waals surface area (Å²) in [7, 11) is 0. The van der Waals surface area contributed by atoms with Gasteiger partial charge in [0.05, 0.1) is 0 Å². The summed E-state index contributed by atoms with van der Waals surface area (Å²) in [6.07, 6.45) is 1.39. The fourth-order valence-corrected chi connectivity index (χ4v) is 3.12. The van der Waals surface area contributed by atoms with Crippen LogP contribution in [-0.2, 0) is 17.9 Å². The summed E-state index contributed by atoms with van der Waals surface area (Å²) in [5.74, 6) is -0.727. The third kappa shape index (κ3) is 2.85. The first-order valence-electron chi connectivity index (χ1n) is 8.06. The summed E-state index contributed by atoms with van der Waals surface area (Å²) in [6, 6.07) is 19.3. The molecule has 0 aliphatic rings. The fraction of sp³-hybridized carbons (Fsp3) is 0.100. The zero-order chi connectivity index (χ0) is 17.2. The number of nitrogens with one attached hydrogen (secondary N) is 1. The first-order valence-corrected chi connectivity index (χ1v) is 8.06. The first kappa shape index (κ1) is 15.3. The van der Waals surface area contributed by atoms with Gasteiger partial charge in [-0.05, 0) is 18.2 Å². The Hall–Kier alpha value is -3.21. The molecule has 0 saturated heterocycles. The molecule has 0 fully saturated rings. The highest BCUT2D eigenvalue weighted by atomic mass is 19.1. The lowest BCUT2D eigenvalue weighted by atomic mass is 10.2. The van der Waals surface area contributed by atoms with Crippen molar-refractivity contribution in [2.24, 2.45) is 0 Å². The number of amides is 1. The summed E-state index contributed by atoms with van der Waals surface area (Å²) < 4.78 is 15.6. The van der Waals surface area contributed by atoms with Gasteiger partial charge in [-0.25, -0.2) is 4.98 Å². The molecule has 0 radical (unpaired) electrons. The number of hydrogen-bond donors (Lipinski definition) is 1. The van der Waals surface area contributed by atoms with E-state index in [0.717, 1.165) is 21.8 Å². The lowest BCUT2D eigenvalue weighted by Crippen LogP contribution is -2.27. The van der Waals surface area contributed by atoms with Crippen LogP contribution in [-0.4, -0.2) is 15.5 Å². The Balaban J connectivity index is 1.61. The molecule has 2 aromatic heterocycles. The van der Waals surface area contributed by atoms with Crippen molar-refractivity contribution in [2.75, 3.05) is 0 Å². The molecule has 5 heteroatoms. The summed E-state index contributed by atoms with van der Waals surface area (Å²) >= 11 is 0. The molecule has 4 rings (SSSR count). The molecule has 0 atom stereocenters. The van der Waals surface area contributed by atoms with Gasteiger partial charge in [0.15, 0.2) is 0 Å². The molecular weight excluding hydrogens is 317 g/mol. The predicted octanol–water partition coefficient (Wildman–Crippen LogP) is 3.65. The Morgan fingerprint density at radius 1 is 0.960 bits per heavy atom. The topological polar surface area (TPSA) is 46.9 Å². The van der Waals surface area contributed by atoms with E-state index in [1.165, 1.54) is 6.20 Å². The van der Waals surface area contributed by atoms with Crippen molar-refractivity contribution in [3.05, 3.63) is 78.4 Å². The van der Waals surface area contributed by atoms with E-state index in [1.807, 2.05) is 41.0 Å². The van der Waals surface area contributed by atoms with Gasteiger partial charge in [-0.3, -0.25) is 4.79 Å². The SMILES string of the molecule is O=C(Cn1c2ccccc2c2ccccc21)NCc1cccnc1F. The Morgan fingerprint density at radius 2 is 1.60 bits per heavy atom. The quantitative estimate of drug-likeness (QED) is 0.580. The Kier molecular flexibility index (Phi) is 3.90. The Bertz CT molecular complexity index is 1020. The summed E-state index contributed by atoms with van der Waals surface area (Å²) in [4.78, 5) is 16.0. The van der Waals surface area contributed by atoms with Crippen LogP contribution < -0.4 is 5.32 Å². The normalized spacial score (nSPS) is 11.1. The van der Waals surface area contributed by atoms with Crippen LogP contribution >= 0.6 is 0 Å². The predicted molar refractivity (Wildman–Crippen MR) is 95.5 cm³/mol. The summed E-state index contributed by atoms with van der Waals surface area (Å²) in [5.41, 5.74) is 2.39. The van der Waals surface area contributed by atoms with E-state index in [9.17, 15) is 9.18 Å². The minimum Gasteiger partial charge on any atom is -0.350 e. The van der Waals surface area contributed by atoms with E-state index in [4.69, 9.17) is 0 Å². The molecule has 4 aromatic rings. The number of rotatable bonds is 4. The third-order valence-electron chi connectivity index (χ3n) is 4.29. The number of halogens is 1. The van der Waals surface area contributed by atoms with E-state index in [1.54, 1.807) is 12.1 Å². The summed E-state index contributed by atoms with van der Waals surface area (Å²) in [5, 5.41) is 5.00. The number of fused-ring (bicyclic) bond motifs is 3. The van der Waals surface area contributed by atoms with Crippen molar-refractivity contribution in [2.45, 2.75) is 13.1 Å². The Morgan fingerprint density at radius 3 is 2.24 bits per heavy atom. The minimum absolute atomic E-state index is 0.121. The zero-order valence-electron chi connectivity index (χ0n) is 13.4. The van der Waals surface area contributed by atoms with E-state index in [-0.39, 0.29) is 19.0 Å². The molecule has 0 spiro atoms. The van der Waals surface area contributed by atoms with Crippen LogP contribution in [0.15, 0.2) is 66.9 Å². The largest absolute Gasteiger partial charge is 0.350 e. The maximum Gasteiger partial charge on any atom is 0.240 e. The average molecular weight is 333 g/mol. The van der Waals surface area contributed by atoms with Crippen molar-refractivity contribution in [3.8, 4) is 0 Å². The molecule has 0 aliphatic heterocycles. The number of carbonyl (C=O) groups excluding carboxylic acids is 1. The van der Waals surface area contributed by atoms with E-state index in [0.29, 0.717) is 5.56 Å². The van der Waals surface area contributed by atoms with Crippen LogP contribution in [0.3, 0.4) is 0 Å². The summed E-state index contributed by atoms with van der Waals surface area (Å²) in [6.45, 7) is 0.297. The molecule has 1 N–H and O–H groups in total. The zero-order valence-corrected chi connectivity index (χ0v) is 13.4. The fourth-order valence-electron chi connectivity index (χ4n) is 3.12. The molecule has 0 aliphatic carbocycles. The molecule has 4 nitrogen and oxygen atoms in total. The molecule has 0 saturated carbocycles. The molecule has 124 valence electrons. The number of carbonyl (C=O) groups is 1. The second-order valence-electron chi connectivity index (χ2n) is 5.85. The number of aromatic nitrogens is 2. The lowest BCUT2D eigenvalue weighted by molar-refractivity contribution is -0.121. The maximum absolute atomic E-state index is 13.6. The minimum atomic E-state index is -0.556. The van der Waals surface area contributed by atoms with E-state index in [2.05, 4.69) is 22.4 Å². The van der Waals surface area contributed by atoms with Gasteiger partial charge in [-0.2, -0.15) is 4.39 Å². The van der Waals surface area contributed by atoms with E-state index >= 15 is 0 Å². The highest BCUT2D eigenvalue weighted by Crippen LogP contribution is 2.28. The van der Waals surface area contributed by atoms with Gasteiger partial charge in [-0.15, -0.1) is 0 Å². The molecule has 1 amide bonds. The molecule has 2 heterocycles. The maximum atomic E-state index is 13.6. The smallest absolute Gasteiger partial charge is 0.240 e. The molecule has 2 aromatic carbocycles. The van der Waals surface area contributed by atoms with Gasteiger partial charge in [0, 0.05) is 40.1 Å². The van der Waals surface area contributed by atoms with Gasteiger partial charge in [-0.1, -0.05) is 42.5 Å². The van der Waals surface area contributed by atoms with Crippen molar-refractivity contribution >= 4 is 27.7 Å². The highest BCUT2D eigenvalue weighted by molar-refractivity contribution is 6.08. The first-order chi connectivity index (χ1) is 12.2. The number of hydrogen-bond acceptors (Lipinski definition) is 2. The van der Waals surface area contributed by atoms with Gasteiger partial charge >= 0.3 is 0 Å². The third-order valence-corrected chi connectivity index (χ3v) is 4.29. The van der Waals surface area contributed by atoms with Crippen LogP contribution in [0, 0.1) is 5.95 Å². The van der Waals surface area contributed by atoms with Crippen LogP contribution in [0.5, 0.6) is 0 Å². The van der Waals surface area contributed by atoms with Crippen LogP contribution in [0.4, 0.5) is 4.39 Å².